The molecule has 2 heteroatoms. The maximum Gasteiger partial charge on any atom is 0.0709 e. The summed E-state index contributed by atoms with van der Waals surface area (Å²) in [6.45, 7) is 0. The van der Waals surface area contributed by atoms with E-state index in [1.807, 2.05) is 42.6 Å². The van der Waals surface area contributed by atoms with Crippen molar-refractivity contribution in [3.8, 4) is 11.3 Å². The molecule has 2 aromatic heterocycles. The molecule has 0 fully saturated rings. The van der Waals surface area contributed by atoms with E-state index in [4.69, 9.17) is 4.98 Å². The fourth-order valence-corrected chi connectivity index (χ4v) is 3.82. The van der Waals surface area contributed by atoms with Gasteiger partial charge in [-0.1, -0.05) is 66.7 Å². The number of benzene rings is 2. The molecule has 2 heterocycles. The predicted octanol–water partition coefficient (Wildman–Crippen LogP) is 6.63. The molecule has 5 rings (SSSR count). The molecule has 29 heavy (non-hydrogen) atoms. The Hall–Kier alpha value is -3.78. The molecule has 2 nitrogen and oxygen atoms in total. The molecule has 138 valence electrons. The van der Waals surface area contributed by atoms with Crippen molar-refractivity contribution in [2.24, 2.45) is 0 Å². The van der Waals surface area contributed by atoms with E-state index in [1.54, 1.807) is 0 Å². The van der Waals surface area contributed by atoms with E-state index in [2.05, 4.69) is 71.7 Å². The minimum atomic E-state index is 0.882. The maximum absolute atomic E-state index is 4.88. The zero-order valence-corrected chi connectivity index (χ0v) is 16.0. The van der Waals surface area contributed by atoms with E-state index in [-0.39, 0.29) is 0 Å². The Morgan fingerprint density at radius 1 is 0.586 bits per heavy atom. The molecule has 0 amide bonds. The van der Waals surface area contributed by atoms with Crippen LogP contribution in [0.2, 0.25) is 0 Å². The molecular weight excluding hydrogens is 352 g/mol. The quantitative estimate of drug-likeness (QED) is 0.403. The molecule has 0 spiro atoms. The number of fused-ring (bicyclic) bond motifs is 1. The van der Waals surface area contributed by atoms with Crippen molar-refractivity contribution in [1.82, 2.24) is 9.97 Å². The van der Waals surface area contributed by atoms with Crippen molar-refractivity contribution in [2.45, 2.75) is 6.42 Å². The zero-order chi connectivity index (χ0) is 19.5. The highest BCUT2D eigenvalue weighted by atomic mass is 14.7. The molecule has 0 aliphatic heterocycles. The first kappa shape index (κ1) is 17.3. The van der Waals surface area contributed by atoms with E-state index in [9.17, 15) is 0 Å². The van der Waals surface area contributed by atoms with Crippen LogP contribution >= 0.6 is 0 Å². The minimum Gasteiger partial charge on any atom is -0.257 e. The number of aromatic nitrogens is 2. The third-order valence-electron chi connectivity index (χ3n) is 5.17. The summed E-state index contributed by atoms with van der Waals surface area (Å²) >= 11 is 0. The second-order valence-electron chi connectivity index (χ2n) is 7.13. The fraction of sp³-hybridized carbons (Fsp3) is 0.0370. The standard InChI is InChI=1S/C27H20N2/c1-2-9-20(10-3-1)27-15-8-12-24(29-27)19-22-17-21(18-23-11-6-7-16-28-23)25-13-4-5-14-26(22)25/h1-16,18-19H,17H2/b21-18+,22-19+. The number of hydrogen-bond acceptors (Lipinski definition) is 2. The van der Waals surface area contributed by atoms with Crippen molar-refractivity contribution in [1.29, 1.82) is 0 Å². The largest absolute Gasteiger partial charge is 0.257 e. The van der Waals surface area contributed by atoms with Crippen molar-refractivity contribution >= 4 is 23.3 Å². The van der Waals surface area contributed by atoms with Gasteiger partial charge in [0.15, 0.2) is 0 Å². The van der Waals surface area contributed by atoms with Gasteiger partial charge in [-0.2, -0.15) is 0 Å². The highest BCUT2D eigenvalue weighted by Gasteiger charge is 2.20. The lowest BCUT2D eigenvalue weighted by Crippen LogP contribution is -1.87. The number of rotatable bonds is 3. The van der Waals surface area contributed by atoms with Gasteiger partial charge < -0.3 is 0 Å². The van der Waals surface area contributed by atoms with Gasteiger partial charge in [0.25, 0.3) is 0 Å². The molecule has 0 unspecified atom stereocenters. The van der Waals surface area contributed by atoms with E-state index < -0.39 is 0 Å². The van der Waals surface area contributed by atoms with E-state index in [0.29, 0.717) is 0 Å². The van der Waals surface area contributed by atoms with Crippen LogP contribution in [0.15, 0.2) is 97.2 Å². The van der Waals surface area contributed by atoms with Gasteiger partial charge in [0.05, 0.1) is 17.1 Å². The summed E-state index contributed by atoms with van der Waals surface area (Å²) < 4.78 is 0. The molecule has 1 aliphatic carbocycles. The van der Waals surface area contributed by atoms with Crippen molar-refractivity contribution < 1.29 is 0 Å². The topological polar surface area (TPSA) is 25.8 Å². The van der Waals surface area contributed by atoms with Gasteiger partial charge in [0, 0.05) is 11.8 Å². The van der Waals surface area contributed by atoms with Gasteiger partial charge in [-0.05, 0) is 65.1 Å². The first-order valence-electron chi connectivity index (χ1n) is 9.81. The second-order valence-corrected chi connectivity index (χ2v) is 7.13. The third-order valence-corrected chi connectivity index (χ3v) is 5.17. The van der Waals surface area contributed by atoms with Gasteiger partial charge in [-0.15, -0.1) is 0 Å². The summed E-state index contributed by atoms with van der Waals surface area (Å²) in [4.78, 5) is 9.34. The van der Waals surface area contributed by atoms with Crippen LogP contribution in [0.4, 0.5) is 0 Å². The molecular formula is C27H20N2. The third kappa shape index (κ3) is 3.65. The first-order valence-corrected chi connectivity index (χ1v) is 9.81. The summed E-state index contributed by atoms with van der Waals surface area (Å²) in [6.07, 6.45) is 7.12. The molecule has 0 bridgehead atoms. The smallest absolute Gasteiger partial charge is 0.0709 e. The Labute approximate surface area is 170 Å². The van der Waals surface area contributed by atoms with Crippen molar-refractivity contribution in [3.63, 3.8) is 0 Å². The van der Waals surface area contributed by atoms with Gasteiger partial charge in [-0.3, -0.25) is 4.98 Å². The molecule has 4 aromatic rings. The normalized spacial score (nSPS) is 15.6. The lowest BCUT2D eigenvalue weighted by Gasteiger charge is -2.04. The Balaban J connectivity index is 1.54. The Morgan fingerprint density at radius 2 is 1.24 bits per heavy atom. The van der Waals surface area contributed by atoms with Gasteiger partial charge in [0.1, 0.15) is 0 Å². The zero-order valence-electron chi connectivity index (χ0n) is 16.0. The van der Waals surface area contributed by atoms with Crippen LogP contribution in [0.25, 0.3) is 34.6 Å². The van der Waals surface area contributed by atoms with Crippen LogP contribution in [0.3, 0.4) is 0 Å². The Morgan fingerprint density at radius 3 is 1.97 bits per heavy atom. The predicted molar refractivity (Wildman–Crippen MR) is 121 cm³/mol. The highest BCUT2D eigenvalue weighted by molar-refractivity contribution is 6.02. The summed E-state index contributed by atoms with van der Waals surface area (Å²) in [5.41, 5.74) is 9.25. The van der Waals surface area contributed by atoms with Crippen LogP contribution < -0.4 is 0 Å². The van der Waals surface area contributed by atoms with Gasteiger partial charge in [0.2, 0.25) is 0 Å². The number of allylic oxidation sites excluding steroid dienone is 2. The number of pyridine rings is 2. The SMILES string of the molecule is C(=C1/C/C(=C\c2cccc(-c3ccccc3)n2)c2ccccc21)/c1ccccn1. The second kappa shape index (κ2) is 7.69. The molecule has 0 radical (unpaired) electrons. The van der Waals surface area contributed by atoms with E-state index in [1.165, 1.54) is 22.3 Å². The summed E-state index contributed by atoms with van der Waals surface area (Å²) in [5, 5.41) is 0. The molecule has 0 N–H and O–H groups in total. The lowest BCUT2D eigenvalue weighted by atomic mass is 10.1. The fourth-order valence-electron chi connectivity index (χ4n) is 3.82. The van der Waals surface area contributed by atoms with E-state index in [0.717, 1.165) is 29.1 Å². The Bertz CT molecular complexity index is 1210. The van der Waals surface area contributed by atoms with Gasteiger partial charge in [-0.25, -0.2) is 4.98 Å². The molecule has 0 atom stereocenters. The summed E-state index contributed by atoms with van der Waals surface area (Å²) in [7, 11) is 0. The maximum atomic E-state index is 4.88. The first-order chi connectivity index (χ1) is 14.4. The van der Waals surface area contributed by atoms with E-state index >= 15 is 0 Å². The monoisotopic (exact) mass is 372 g/mol. The molecule has 0 saturated heterocycles. The lowest BCUT2D eigenvalue weighted by molar-refractivity contribution is 1.29. The molecule has 1 aliphatic rings. The van der Waals surface area contributed by atoms with Crippen LogP contribution in [0.5, 0.6) is 0 Å². The number of hydrogen-bond donors (Lipinski definition) is 0. The van der Waals surface area contributed by atoms with Crippen LogP contribution in [0, 0.1) is 0 Å². The highest BCUT2D eigenvalue weighted by Crippen LogP contribution is 2.42. The van der Waals surface area contributed by atoms with Crippen molar-refractivity contribution in [2.75, 3.05) is 0 Å². The van der Waals surface area contributed by atoms with Crippen LogP contribution in [-0.4, -0.2) is 9.97 Å². The average Bonchev–Trinajstić information content (AvgIpc) is 3.12. The average molecular weight is 372 g/mol. The summed E-state index contributed by atoms with van der Waals surface area (Å²) in [6, 6.07) is 31.1. The number of nitrogens with zero attached hydrogens (tertiary/aromatic N) is 2. The van der Waals surface area contributed by atoms with Crippen LogP contribution in [0.1, 0.15) is 28.9 Å². The van der Waals surface area contributed by atoms with Crippen molar-refractivity contribution in [3.05, 3.63) is 120 Å². The van der Waals surface area contributed by atoms with Gasteiger partial charge >= 0.3 is 0 Å². The molecule has 0 saturated carbocycles. The molecule has 2 aromatic carbocycles. The van der Waals surface area contributed by atoms with Crippen LogP contribution in [-0.2, 0) is 0 Å². The summed E-state index contributed by atoms with van der Waals surface area (Å²) in [5.74, 6) is 0. The minimum absolute atomic E-state index is 0.882. The Kier molecular flexibility index (Phi) is 4.59.